The minimum Gasteiger partial charge on any atom is -0.490 e. The van der Waals surface area contributed by atoms with E-state index in [0.29, 0.717) is 29.1 Å². The van der Waals surface area contributed by atoms with E-state index in [4.69, 9.17) is 44.9 Å². The maximum absolute atomic E-state index is 13.9. The second-order valence-corrected chi connectivity index (χ2v) is 9.56. The van der Waals surface area contributed by atoms with Crippen molar-refractivity contribution in [2.45, 2.75) is 12.1 Å². The van der Waals surface area contributed by atoms with E-state index < -0.39 is 5.82 Å². The summed E-state index contributed by atoms with van der Waals surface area (Å²) in [7, 11) is 1.61. The van der Waals surface area contributed by atoms with Crippen LogP contribution in [0.4, 0.5) is 10.1 Å². The molecule has 37 heavy (non-hydrogen) atoms. The molecule has 1 aliphatic rings. The van der Waals surface area contributed by atoms with Gasteiger partial charge in [-0.3, -0.25) is 4.98 Å². The van der Waals surface area contributed by atoms with Gasteiger partial charge in [-0.15, -0.1) is 0 Å². The molecule has 3 heterocycles. The third kappa shape index (κ3) is 5.15. The highest BCUT2D eigenvalue weighted by Gasteiger charge is 2.42. The van der Waals surface area contributed by atoms with Gasteiger partial charge in [-0.05, 0) is 72.9 Å². The topological polar surface area (TPSA) is 51.6 Å². The molecule has 1 saturated heterocycles. The van der Waals surface area contributed by atoms with Crippen molar-refractivity contribution in [2.24, 2.45) is 0 Å². The molecule has 0 unspecified atom stereocenters. The molecular formula is C27H23Cl2FN4O2S. The summed E-state index contributed by atoms with van der Waals surface area (Å²) >= 11 is 18.5. The Balaban J connectivity index is 1.59. The molecule has 0 bridgehead atoms. The van der Waals surface area contributed by atoms with Crippen LogP contribution in [0.2, 0.25) is 10.0 Å². The summed E-state index contributed by atoms with van der Waals surface area (Å²) in [5.74, 6) is 0.0842. The standard InChI is InChI=1S/C27H23Cl2FN4O2S/c1-35-13-14-36-24-10-8-18(16-20(24)29)34-26(25(32-27(34)37)22-5-2-3-11-31-22)23-6-4-12-33(23)17-7-9-21(30)19(28)15-17/h2-12,15-16,25-26H,13-14H2,1H3,(H,32,37)/t25-,26+/m1/s1. The summed E-state index contributed by atoms with van der Waals surface area (Å²) in [4.78, 5) is 6.61. The van der Waals surface area contributed by atoms with E-state index >= 15 is 0 Å². The molecule has 190 valence electrons. The number of nitrogens with one attached hydrogen (secondary N) is 1. The van der Waals surface area contributed by atoms with E-state index in [1.165, 1.54) is 6.07 Å². The molecule has 2 aromatic heterocycles. The number of rotatable bonds is 8. The van der Waals surface area contributed by atoms with Crippen molar-refractivity contribution in [1.29, 1.82) is 0 Å². The first-order chi connectivity index (χ1) is 18.0. The third-order valence-electron chi connectivity index (χ3n) is 6.10. The largest absolute Gasteiger partial charge is 0.490 e. The quantitative estimate of drug-likeness (QED) is 0.197. The highest BCUT2D eigenvalue weighted by Crippen LogP contribution is 2.43. The molecule has 1 N–H and O–H groups in total. The van der Waals surface area contributed by atoms with Crippen LogP contribution < -0.4 is 15.0 Å². The van der Waals surface area contributed by atoms with Crippen LogP contribution in [0.5, 0.6) is 5.75 Å². The van der Waals surface area contributed by atoms with Crippen molar-refractivity contribution < 1.29 is 13.9 Å². The minimum atomic E-state index is -0.474. The van der Waals surface area contributed by atoms with Crippen molar-refractivity contribution in [3.05, 3.63) is 106 Å². The lowest BCUT2D eigenvalue weighted by Gasteiger charge is -2.29. The summed E-state index contributed by atoms with van der Waals surface area (Å²) in [6, 6.07) is 19.3. The number of ether oxygens (including phenoxy) is 2. The second kappa shape index (κ2) is 11.1. The fourth-order valence-corrected chi connectivity index (χ4v) is 5.18. The maximum Gasteiger partial charge on any atom is 0.174 e. The summed E-state index contributed by atoms with van der Waals surface area (Å²) < 4.78 is 26.7. The van der Waals surface area contributed by atoms with E-state index in [9.17, 15) is 4.39 Å². The first kappa shape index (κ1) is 25.5. The average Bonchev–Trinajstić information content (AvgIpc) is 3.51. The van der Waals surface area contributed by atoms with Crippen LogP contribution in [-0.2, 0) is 4.74 Å². The van der Waals surface area contributed by atoms with Gasteiger partial charge >= 0.3 is 0 Å². The molecule has 1 aliphatic heterocycles. The summed E-state index contributed by atoms with van der Waals surface area (Å²) in [6.07, 6.45) is 3.66. The molecule has 0 spiro atoms. The number of benzene rings is 2. The first-order valence-electron chi connectivity index (χ1n) is 11.5. The maximum atomic E-state index is 13.9. The smallest absolute Gasteiger partial charge is 0.174 e. The predicted octanol–water partition coefficient (Wildman–Crippen LogP) is 6.52. The van der Waals surface area contributed by atoms with Crippen molar-refractivity contribution in [2.75, 3.05) is 25.2 Å². The van der Waals surface area contributed by atoms with Gasteiger partial charge in [-0.2, -0.15) is 0 Å². The lowest BCUT2D eigenvalue weighted by Crippen LogP contribution is -2.30. The number of pyridine rings is 1. The van der Waals surface area contributed by atoms with Crippen LogP contribution in [0.25, 0.3) is 5.69 Å². The van der Waals surface area contributed by atoms with Crippen molar-refractivity contribution in [1.82, 2.24) is 14.9 Å². The molecule has 1 fully saturated rings. The highest BCUT2D eigenvalue weighted by molar-refractivity contribution is 7.80. The Morgan fingerprint density at radius 1 is 1.00 bits per heavy atom. The molecular weight excluding hydrogens is 534 g/mol. The summed E-state index contributed by atoms with van der Waals surface area (Å²) in [5, 5.41) is 4.46. The molecule has 2 atom stereocenters. The average molecular weight is 557 g/mol. The molecule has 4 aromatic rings. The lowest BCUT2D eigenvalue weighted by atomic mass is 10.0. The third-order valence-corrected chi connectivity index (χ3v) is 7.00. The first-order valence-corrected chi connectivity index (χ1v) is 12.7. The summed E-state index contributed by atoms with van der Waals surface area (Å²) in [5.41, 5.74) is 3.24. The zero-order chi connectivity index (χ0) is 25.9. The van der Waals surface area contributed by atoms with Crippen LogP contribution in [0.15, 0.2) is 79.1 Å². The summed E-state index contributed by atoms with van der Waals surface area (Å²) in [6.45, 7) is 0.841. The predicted molar refractivity (Wildman–Crippen MR) is 147 cm³/mol. The number of aromatic nitrogens is 2. The Morgan fingerprint density at radius 3 is 2.54 bits per heavy atom. The van der Waals surface area contributed by atoms with Crippen LogP contribution in [-0.4, -0.2) is 35.0 Å². The number of hydrogen-bond donors (Lipinski definition) is 1. The molecule has 2 aromatic carbocycles. The fourth-order valence-electron chi connectivity index (χ4n) is 4.43. The molecule has 0 saturated carbocycles. The van der Waals surface area contributed by atoms with E-state index in [0.717, 1.165) is 22.8 Å². The molecule has 0 aliphatic carbocycles. The molecule has 6 nitrogen and oxygen atoms in total. The SMILES string of the molecule is COCCOc1ccc(N2C(=S)N[C@H](c3ccccn3)[C@@H]2c2cccn2-c2ccc(F)c(Cl)c2)cc1Cl. The lowest BCUT2D eigenvalue weighted by molar-refractivity contribution is 0.146. The Bertz CT molecular complexity index is 1420. The van der Waals surface area contributed by atoms with Gasteiger partial charge in [0.1, 0.15) is 24.2 Å². The fraction of sp³-hybridized carbons (Fsp3) is 0.185. The number of anilines is 1. The number of thiocarbonyl (C=S) groups is 1. The van der Waals surface area contributed by atoms with Crippen molar-refractivity contribution in [3.8, 4) is 11.4 Å². The number of nitrogens with zero attached hydrogens (tertiary/aromatic N) is 3. The van der Waals surface area contributed by atoms with E-state index in [1.807, 2.05) is 64.2 Å². The Morgan fingerprint density at radius 2 is 1.81 bits per heavy atom. The molecule has 5 rings (SSSR count). The molecule has 10 heteroatoms. The van der Waals surface area contributed by atoms with Crippen LogP contribution in [0, 0.1) is 5.82 Å². The van der Waals surface area contributed by atoms with Gasteiger partial charge in [0.2, 0.25) is 0 Å². The molecule has 0 radical (unpaired) electrons. The van der Waals surface area contributed by atoms with Gasteiger partial charge in [-0.25, -0.2) is 4.39 Å². The van der Waals surface area contributed by atoms with Crippen molar-refractivity contribution >= 4 is 46.2 Å². The van der Waals surface area contributed by atoms with Crippen molar-refractivity contribution in [3.63, 3.8) is 0 Å². The normalized spacial score (nSPS) is 17.2. The molecule has 0 amide bonds. The van der Waals surface area contributed by atoms with Crippen LogP contribution in [0.1, 0.15) is 23.5 Å². The van der Waals surface area contributed by atoms with Gasteiger partial charge in [0, 0.05) is 36.6 Å². The van der Waals surface area contributed by atoms with Gasteiger partial charge in [0.15, 0.2) is 5.11 Å². The zero-order valence-corrected chi connectivity index (χ0v) is 22.1. The van der Waals surface area contributed by atoms with E-state index in [-0.39, 0.29) is 17.1 Å². The number of hydrogen-bond acceptors (Lipinski definition) is 4. The van der Waals surface area contributed by atoms with E-state index in [1.54, 1.807) is 25.4 Å². The Labute approximate surface area is 229 Å². The van der Waals surface area contributed by atoms with Gasteiger partial charge in [0.05, 0.1) is 28.4 Å². The Hall–Kier alpha value is -3.17. The monoisotopic (exact) mass is 556 g/mol. The Kier molecular flexibility index (Phi) is 7.62. The highest BCUT2D eigenvalue weighted by atomic mass is 35.5. The van der Waals surface area contributed by atoms with E-state index in [2.05, 4.69) is 10.3 Å². The zero-order valence-electron chi connectivity index (χ0n) is 19.8. The number of methoxy groups -OCH3 is 1. The minimum absolute atomic E-state index is 0.0474. The van der Waals surface area contributed by atoms with Gasteiger partial charge in [0.25, 0.3) is 0 Å². The van der Waals surface area contributed by atoms with Crippen LogP contribution in [0.3, 0.4) is 0 Å². The number of halogens is 3. The second-order valence-electron chi connectivity index (χ2n) is 8.35. The van der Waals surface area contributed by atoms with Gasteiger partial charge in [-0.1, -0.05) is 29.3 Å². The van der Waals surface area contributed by atoms with Crippen LogP contribution >= 0.6 is 35.4 Å². The van der Waals surface area contributed by atoms with Gasteiger partial charge < -0.3 is 24.3 Å².